The van der Waals surface area contributed by atoms with Gasteiger partial charge in [0.2, 0.25) is 5.91 Å². The van der Waals surface area contributed by atoms with Gasteiger partial charge in [-0.25, -0.2) is 0 Å². The Labute approximate surface area is 137 Å². The van der Waals surface area contributed by atoms with Crippen LogP contribution in [0.25, 0.3) is 0 Å². The van der Waals surface area contributed by atoms with E-state index in [-0.39, 0.29) is 5.91 Å². The van der Waals surface area contributed by atoms with Crippen molar-refractivity contribution in [1.29, 1.82) is 0 Å². The van der Waals surface area contributed by atoms with Crippen LogP contribution in [0.2, 0.25) is 0 Å². The van der Waals surface area contributed by atoms with Crippen LogP contribution < -0.4 is 11.1 Å². The van der Waals surface area contributed by atoms with Crippen LogP contribution in [0, 0.1) is 0 Å². The highest BCUT2D eigenvalue weighted by molar-refractivity contribution is 7.98. The molecular weight excluding hydrogens is 316 g/mol. The van der Waals surface area contributed by atoms with E-state index in [1.807, 2.05) is 30.5 Å². The number of nitrogens with two attached hydrogens (primary N) is 1. The first kappa shape index (κ1) is 16.9. The van der Waals surface area contributed by atoms with Gasteiger partial charge < -0.3 is 15.6 Å². The number of benzene rings is 2. The number of anilines is 1. The van der Waals surface area contributed by atoms with Gasteiger partial charge in [-0.1, -0.05) is 6.07 Å². The van der Waals surface area contributed by atoms with Crippen molar-refractivity contribution >= 4 is 34.5 Å². The van der Waals surface area contributed by atoms with Gasteiger partial charge in [-0.3, -0.25) is 4.79 Å². The molecule has 0 heterocycles. The van der Waals surface area contributed by atoms with Crippen LogP contribution in [0.4, 0.5) is 5.69 Å². The molecule has 0 spiro atoms. The monoisotopic (exact) mass is 334 g/mol. The van der Waals surface area contributed by atoms with Gasteiger partial charge >= 0.3 is 0 Å². The SMILES string of the molecule is CSc1cccc([S+]([O-])c2ccc(NC(=O)C(C)N)cc2)c1. The topological polar surface area (TPSA) is 78.2 Å². The molecule has 0 aromatic heterocycles. The molecule has 6 heteroatoms. The lowest BCUT2D eigenvalue weighted by Gasteiger charge is -2.12. The number of carbonyl (C=O) groups is 1. The van der Waals surface area contributed by atoms with Crippen molar-refractivity contribution in [3.63, 3.8) is 0 Å². The molecule has 0 aliphatic heterocycles. The Morgan fingerprint density at radius 2 is 1.91 bits per heavy atom. The summed E-state index contributed by atoms with van der Waals surface area (Å²) in [6.07, 6.45) is 1.98. The molecule has 4 nitrogen and oxygen atoms in total. The molecule has 2 rings (SSSR count). The Morgan fingerprint density at radius 1 is 1.23 bits per heavy atom. The van der Waals surface area contributed by atoms with Crippen LogP contribution in [-0.4, -0.2) is 22.8 Å². The van der Waals surface area contributed by atoms with Gasteiger partial charge in [-0.15, -0.1) is 11.8 Å². The van der Waals surface area contributed by atoms with E-state index in [4.69, 9.17) is 5.73 Å². The second-order valence-electron chi connectivity index (χ2n) is 4.75. The molecule has 0 bridgehead atoms. The van der Waals surface area contributed by atoms with Gasteiger partial charge in [0.05, 0.1) is 6.04 Å². The summed E-state index contributed by atoms with van der Waals surface area (Å²) < 4.78 is 12.6. The summed E-state index contributed by atoms with van der Waals surface area (Å²) in [6.45, 7) is 1.62. The van der Waals surface area contributed by atoms with Gasteiger partial charge in [-0.05, 0) is 49.6 Å². The van der Waals surface area contributed by atoms with E-state index in [0.29, 0.717) is 10.6 Å². The molecule has 0 saturated carbocycles. The van der Waals surface area contributed by atoms with Crippen LogP contribution in [0.3, 0.4) is 0 Å². The number of rotatable bonds is 5. The molecule has 1 amide bonds. The summed E-state index contributed by atoms with van der Waals surface area (Å²) in [5.41, 5.74) is 6.14. The molecule has 0 aliphatic rings. The van der Waals surface area contributed by atoms with Gasteiger partial charge in [-0.2, -0.15) is 0 Å². The lowest BCUT2D eigenvalue weighted by Crippen LogP contribution is -2.32. The maximum absolute atomic E-state index is 12.6. The predicted molar refractivity (Wildman–Crippen MR) is 91.6 cm³/mol. The third-order valence-corrected chi connectivity index (χ3v) is 5.11. The minimum absolute atomic E-state index is 0.249. The molecule has 3 N–H and O–H groups in total. The number of hydrogen-bond acceptors (Lipinski definition) is 4. The van der Waals surface area contributed by atoms with Gasteiger partial charge in [0, 0.05) is 27.8 Å². The molecule has 0 fully saturated rings. The lowest BCUT2D eigenvalue weighted by atomic mass is 10.3. The third-order valence-electron chi connectivity index (χ3n) is 3.00. The second kappa shape index (κ2) is 7.69. The second-order valence-corrected chi connectivity index (χ2v) is 7.11. The van der Waals surface area contributed by atoms with E-state index >= 15 is 0 Å². The minimum Gasteiger partial charge on any atom is -0.606 e. The standard InChI is InChI=1S/C16H18N2O2S2/c1-11(17)16(19)18-12-6-8-14(9-7-12)22(20)15-5-3-4-13(10-15)21-2/h3-11H,17H2,1-2H3,(H,18,19). The molecule has 2 aromatic carbocycles. The normalized spacial score (nSPS) is 13.5. The molecule has 0 aliphatic carbocycles. The van der Waals surface area contributed by atoms with Gasteiger partial charge in [0.15, 0.2) is 9.79 Å². The Bertz CT molecular complexity index is 645. The Balaban J connectivity index is 2.13. The molecule has 0 radical (unpaired) electrons. The van der Waals surface area contributed by atoms with Crippen molar-refractivity contribution in [1.82, 2.24) is 0 Å². The zero-order valence-corrected chi connectivity index (χ0v) is 14.0. The smallest absolute Gasteiger partial charge is 0.240 e. The van der Waals surface area contributed by atoms with Crippen molar-refractivity contribution in [3.8, 4) is 0 Å². The van der Waals surface area contributed by atoms with E-state index < -0.39 is 17.2 Å². The van der Waals surface area contributed by atoms with E-state index in [1.165, 1.54) is 0 Å². The summed E-state index contributed by atoms with van der Waals surface area (Å²) in [5, 5.41) is 2.70. The molecular formula is C16H18N2O2S2. The van der Waals surface area contributed by atoms with E-state index in [9.17, 15) is 9.35 Å². The summed E-state index contributed by atoms with van der Waals surface area (Å²) in [4.78, 5) is 14.1. The fraction of sp³-hybridized carbons (Fsp3) is 0.188. The van der Waals surface area contributed by atoms with Crippen LogP contribution >= 0.6 is 11.8 Å². The van der Waals surface area contributed by atoms with Crippen LogP contribution in [0.5, 0.6) is 0 Å². The van der Waals surface area contributed by atoms with Crippen molar-refractivity contribution in [2.75, 3.05) is 11.6 Å². The van der Waals surface area contributed by atoms with Gasteiger partial charge in [0.1, 0.15) is 0 Å². The first-order chi connectivity index (χ1) is 10.5. The molecule has 116 valence electrons. The summed E-state index contributed by atoms with van der Waals surface area (Å²) in [6, 6.07) is 14.0. The minimum atomic E-state index is -1.24. The maximum Gasteiger partial charge on any atom is 0.240 e. The van der Waals surface area contributed by atoms with Crippen LogP contribution in [-0.2, 0) is 16.0 Å². The average Bonchev–Trinajstić information content (AvgIpc) is 2.54. The highest BCUT2D eigenvalue weighted by atomic mass is 32.2. The Kier molecular flexibility index (Phi) is 5.90. The zero-order valence-electron chi connectivity index (χ0n) is 12.4. The number of thioether (sulfide) groups is 1. The fourth-order valence-corrected chi connectivity index (χ4v) is 3.40. The highest BCUT2D eigenvalue weighted by Crippen LogP contribution is 2.25. The van der Waals surface area contributed by atoms with Gasteiger partial charge in [0.25, 0.3) is 0 Å². The zero-order chi connectivity index (χ0) is 16.1. The molecule has 0 saturated heterocycles. The predicted octanol–water partition coefficient (Wildman–Crippen LogP) is 2.86. The van der Waals surface area contributed by atoms with Crippen molar-refractivity contribution in [3.05, 3.63) is 48.5 Å². The highest BCUT2D eigenvalue weighted by Gasteiger charge is 2.15. The third kappa shape index (κ3) is 4.27. The van der Waals surface area contributed by atoms with Crippen LogP contribution in [0.15, 0.2) is 63.2 Å². The van der Waals surface area contributed by atoms with Crippen molar-refractivity contribution in [2.45, 2.75) is 27.7 Å². The number of carbonyl (C=O) groups excluding carboxylic acids is 1. The number of amides is 1. The largest absolute Gasteiger partial charge is 0.606 e. The number of nitrogens with one attached hydrogen (secondary N) is 1. The summed E-state index contributed by atoms with van der Waals surface area (Å²) >= 11 is 0.375. The van der Waals surface area contributed by atoms with E-state index in [0.717, 1.165) is 9.79 Å². The molecule has 2 unspecified atom stereocenters. The van der Waals surface area contributed by atoms with Crippen LogP contribution in [0.1, 0.15) is 6.92 Å². The fourth-order valence-electron chi connectivity index (χ4n) is 1.77. The first-order valence-electron chi connectivity index (χ1n) is 6.73. The number of hydrogen-bond donors (Lipinski definition) is 2. The van der Waals surface area contributed by atoms with E-state index in [2.05, 4.69) is 5.32 Å². The van der Waals surface area contributed by atoms with Crippen molar-refractivity contribution in [2.24, 2.45) is 5.73 Å². The van der Waals surface area contributed by atoms with Crippen molar-refractivity contribution < 1.29 is 9.35 Å². The molecule has 22 heavy (non-hydrogen) atoms. The quantitative estimate of drug-likeness (QED) is 0.651. The summed E-state index contributed by atoms with van der Waals surface area (Å²) in [7, 11) is 0. The van der Waals surface area contributed by atoms with E-state index in [1.54, 1.807) is 43.0 Å². The molecule has 2 aromatic rings. The Hall–Kier alpha value is -1.47. The Morgan fingerprint density at radius 3 is 2.50 bits per heavy atom. The average molecular weight is 334 g/mol. The maximum atomic E-state index is 12.6. The molecule has 2 atom stereocenters. The lowest BCUT2D eigenvalue weighted by molar-refractivity contribution is -0.117. The first-order valence-corrected chi connectivity index (χ1v) is 9.11. The summed E-state index contributed by atoms with van der Waals surface area (Å²) in [5.74, 6) is -0.249.